The average molecular weight is 361 g/mol. The minimum absolute atomic E-state index is 0.163. The summed E-state index contributed by atoms with van der Waals surface area (Å²) < 4.78 is 13.9. The molecule has 1 fully saturated rings. The molecule has 4 rings (SSSR count). The second kappa shape index (κ2) is 8.40. The van der Waals surface area contributed by atoms with E-state index in [1.165, 1.54) is 6.07 Å². The third-order valence-electron chi connectivity index (χ3n) is 5.19. The molecule has 0 aliphatic carbocycles. The van der Waals surface area contributed by atoms with E-state index in [2.05, 4.69) is 28.1 Å². The molecule has 138 valence electrons. The van der Waals surface area contributed by atoms with Crippen LogP contribution in [0.15, 0.2) is 66.9 Å². The van der Waals surface area contributed by atoms with Crippen molar-refractivity contribution >= 4 is 0 Å². The molecule has 0 radical (unpaired) electrons. The highest BCUT2D eigenvalue weighted by Crippen LogP contribution is 2.27. The van der Waals surface area contributed by atoms with Gasteiger partial charge < -0.3 is 0 Å². The third kappa shape index (κ3) is 4.58. The van der Waals surface area contributed by atoms with Crippen molar-refractivity contribution in [2.45, 2.75) is 31.7 Å². The van der Waals surface area contributed by atoms with Gasteiger partial charge in [-0.1, -0.05) is 30.3 Å². The summed E-state index contributed by atoms with van der Waals surface area (Å²) in [5, 5.41) is 0. The van der Waals surface area contributed by atoms with Gasteiger partial charge in [-0.05, 0) is 55.3 Å². The summed E-state index contributed by atoms with van der Waals surface area (Å²) in [6, 6.07) is 19.2. The molecule has 1 aromatic carbocycles. The minimum atomic E-state index is -0.163. The quantitative estimate of drug-likeness (QED) is 0.666. The average Bonchev–Trinajstić information content (AvgIpc) is 2.71. The lowest BCUT2D eigenvalue weighted by atomic mass is 9.93. The molecular weight excluding hydrogens is 337 g/mol. The lowest BCUT2D eigenvalue weighted by Gasteiger charge is -2.32. The standard InChI is InChI=1S/C23H24FN3/c24-22-11-2-1-7-18(22)15-20-10-5-12-23(26-20)19-8-6-14-27(16-19)17-21-9-3-4-13-25-21/h1-5,7,9-13,19H,6,8,14-17H2. The first-order chi connectivity index (χ1) is 13.3. The predicted octanol–water partition coefficient (Wildman–Crippen LogP) is 4.59. The van der Waals surface area contributed by atoms with Gasteiger partial charge in [0, 0.05) is 43.0 Å². The van der Waals surface area contributed by atoms with E-state index in [1.54, 1.807) is 6.07 Å². The van der Waals surface area contributed by atoms with Crippen molar-refractivity contribution in [1.82, 2.24) is 14.9 Å². The van der Waals surface area contributed by atoms with Crippen molar-refractivity contribution in [3.8, 4) is 0 Å². The maximum Gasteiger partial charge on any atom is 0.126 e. The van der Waals surface area contributed by atoms with Gasteiger partial charge in [-0.25, -0.2) is 4.39 Å². The fourth-order valence-corrected chi connectivity index (χ4v) is 3.82. The maximum absolute atomic E-state index is 13.9. The number of nitrogens with zero attached hydrogens (tertiary/aromatic N) is 3. The Balaban J connectivity index is 1.45. The van der Waals surface area contributed by atoms with Crippen LogP contribution in [0.5, 0.6) is 0 Å². The van der Waals surface area contributed by atoms with Crippen molar-refractivity contribution in [3.05, 3.63) is 95.3 Å². The summed E-state index contributed by atoms with van der Waals surface area (Å²) in [5.41, 5.74) is 3.86. The van der Waals surface area contributed by atoms with Gasteiger partial charge in [-0.3, -0.25) is 14.9 Å². The van der Waals surface area contributed by atoms with Crippen LogP contribution < -0.4 is 0 Å². The molecule has 0 bridgehead atoms. The van der Waals surface area contributed by atoms with E-state index in [1.807, 2.05) is 36.5 Å². The minimum Gasteiger partial charge on any atom is -0.297 e. The fourth-order valence-electron chi connectivity index (χ4n) is 3.82. The summed E-state index contributed by atoms with van der Waals surface area (Å²) in [6.45, 7) is 2.97. The Morgan fingerprint density at radius 1 is 0.963 bits per heavy atom. The summed E-state index contributed by atoms with van der Waals surface area (Å²) >= 11 is 0. The normalized spacial score (nSPS) is 17.7. The van der Waals surface area contributed by atoms with E-state index in [-0.39, 0.29) is 5.82 Å². The molecule has 0 spiro atoms. The first-order valence-electron chi connectivity index (χ1n) is 9.59. The molecule has 0 saturated carbocycles. The number of hydrogen-bond donors (Lipinski definition) is 0. The van der Waals surface area contributed by atoms with Crippen molar-refractivity contribution < 1.29 is 4.39 Å². The van der Waals surface area contributed by atoms with Crippen LogP contribution in [0.25, 0.3) is 0 Å². The molecule has 1 unspecified atom stereocenters. The molecule has 4 heteroatoms. The number of hydrogen-bond acceptors (Lipinski definition) is 3. The third-order valence-corrected chi connectivity index (χ3v) is 5.19. The topological polar surface area (TPSA) is 29.0 Å². The number of piperidine rings is 1. The van der Waals surface area contributed by atoms with E-state index in [0.717, 1.165) is 49.6 Å². The summed E-state index contributed by atoms with van der Waals surface area (Å²) in [6.07, 6.45) is 4.70. The SMILES string of the molecule is Fc1ccccc1Cc1cccc(C2CCCN(Cc3ccccn3)C2)n1. The Labute approximate surface area is 159 Å². The molecule has 1 atom stereocenters. The first kappa shape index (κ1) is 17.8. The van der Waals surface area contributed by atoms with Crippen molar-refractivity contribution in [2.24, 2.45) is 0 Å². The molecule has 1 aliphatic heterocycles. The molecule has 2 aromatic heterocycles. The predicted molar refractivity (Wildman–Crippen MR) is 105 cm³/mol. The van der Waals surface area contributed by atoms with Gasteiger partial charge in [-0.2, -0.15) is 0 Å². The molecule has 0 amide bonds. The Bertz CT molecular complexity index is 882. The maximum atomic E-state index is 13.9. The van der Waals surface area contributed by atoms with Gasteiger partial charge in [0.15, 0.2) is 0 Å². The summed E-state index contributed by atoms with van der Waals surface area (Å²) in [4.78, 5) is 11.8. The van der Waals surface area contributed by atoms with Crippen molar-refractivity contribution in [1.29, 1.82) is 0 Å². The van der Waals surface area contributed by atoms with Crippen LogP contribution in [0.4, 0.5) is 4.39 Å². The Morgan fingerprint density at radius 3 is 2.67 bits per heavy atom. The molecule has 0 N–H and O–H groups in total. The molecule has 3 nitrogen and oxygen atoms in total. The van der Waals surface area contributed by atoms with Gasteiger partial charge in [0.2, 0.25) is 0 Å². The van der Waals surface area contributed by atoms with Crippen molar-refractivity contribution in [3.63, 3.8) is 0 Å². The van der Waals surface area contributed by atoms with Crippen LogP contribution in [0.1, 0.15) is 41.4 Å². The zero-order chi connectivity index (χ0) is 18.5. The zero-order valence-electron chi connectivity index (χ0n) is 15.4. The summed E-state index contributed by atoms with van der Waals surface area (Å²) in [7, 11) is 0. The zero-order valence-corrected chi connectivity index (χ0v) is 15.4. The molecular formula is C23H24FN3. The lowest BCUT2D eigenvalue weighted by Crippen LogP contribution is -2.34. The van der Waals surface area contributed by atoms with Gasteiger partial charge >= 0.3 is 0 Å². The highest BCUT2D eigenvalue weighted by molar-refractivity contribution is 5.25. The van der Waals surface area contributed by atoms with Crippen LogP contribution in [0.3, 0.4) is 0 Å². The first-order valence-corrected chi connectivity index (χ1v) is 9.59. The van der Waals surface area contributed by atoms with Crippen LogP contribution in [0.2, 0.25) is 0 Å². The van der Waals surface area contributed by atoms with Crippen LogP contribution >= 0.6 is 0 Å². The molecule has 27 heavy (non-hydrogen) atoms. The van der Waals surface area contributed by atoms with Crippen molar-refractivity contribution in [2.75, 3.05) is 13.1 Å². The van der Waals surface area contributed by atoms with Crippen LogP contribution in [-0.4, -0.2) is 28.0 Å². The largest absolute Gasteiger partial charge is 0.297 e. The molecule has 1 saturated heterocycles. The van der Waals surface area contributed by atoms with E-state index < -0.39 is 0 Å². The Morgan fingerprint density at radius 2 is 1.81 bits per heavy atom. The van der Waals surface area contributed by atoms with Gasteiger partial charge in [0.1, 0.15) is 5.82 Å². The highest BCUT2D eigenvalue weighted by atomic mass is 19.1. The molecule has 3 aromatic rings. The molecule has 1 aliphatic rings. The Kier molecular flexibility index (Phi) is 5.54. The number of rotatable bonds is 5. The smallest absolute Gasteiger partial charge is 0.126 e. The van der Waals surface area contributed by atoms with E-state index in [9.17, 15) is 4.39 Å². The summed E-state index contributed by atoms with van der Waals surface area (Å²) in [5.74, 6) is 0.256. The monoisotopic (exact) mass is 361 g/mol. The number of likely N-dealkylation sites (tertiary alicyclic amines) is 1. The number of halogens is 1. The number of aromatic nitrogens is 2. The van der Waals surface area contributed by atoms with Gasteiger partial charge in [-0.15, -0.1) is 0 Å². The number of pyridine rings is 2. The van der Waals surface area contributed by atoms with E-state index >= 15 is 0 Å². The van der Waals surface area contributed by atoms with Gasteiger partial charge in [0.25, 0.3) is 0 Å². The fraction of sp³-hybridized carbons (Fsp3) is 0.304. The highest BCUT2D eigenvalue weighted by Gasteiger charge is 2.23. The van der Waals surface area contributed by atoms with Crippen LogP contribution in [-0.2, 0) is 13.0 Å². The van der Waals surface area contributed by atoms with Gasteiger partial charge in [0.05, 0.1) is 5.69 Å². The second-order valence-electron chi connectivity index (χ2n) is 7.22. The van der Waals surface area contributed by atoms with E-state index in [0.29, 0.717) is 17.9 Å². The number of benzene rings is 1. The lowest BCUT2D eigenvalue weighted by molar-refractivity contribution is 0.196. The Hall–Kier alpha value is -2.59. The molecule has 3 heterocycles. The van der Waals surface area contributed by atoms with E-state index in [4.69, 9.17) is 4.98 Å². The second-order valence-corrected chi connectivity index (χ2v) is 7.22. The van der Waals surface area contributed by atoms with Crippen LogP contribution in [0, 0.1) is 5.82 Å².